The number of aromatic nitrogens is 2. The SMILES string of the molecule is O=C(CCC1CCCCC1)Nc1ccn[nH]1. The van der Waals surface area contributed by atoms with Crippen LogP contribution in [0.2, 0.25) is 0 Å². The van der Waals surface area contributed by atoms with Crippen LogP contribution >= 0.6 is 0 Å². The van der Waals surface area contributed by atoms with Crippen LogP contribution in [0.4, 0.5) is 5.82 Å². The molecule has 1 aromatic heterocycles. The van der Waals surface area contributed by atoms with Crippen molar-refractivity contribution >= 4 is 11.7 Å². The minimum Gasteiger partial charge on any atom is -0.311 e. The molecule has 2 rings (SSSR count). The van der Waals surface area contributed by atoms with Crippen LogP contribution in [0.1, 0.15) is 44.9 Å². The van der Waals surface area contributed by atoms with Crippen LogP contribution in [0.5, 0.6) is 0 Å². The monoisotopic (exact) mass is 221 g/mol. The second-order valence-electron chi connectivity index (χ2n) is 4.56. The molecule has 88 valence electrons. The van der Waals surface area contributed by atoms with Gasteiger partial charge in [-0.3, -0.25) is 9.89 Å². The van der Waals surface area contributed by atoms with Crippen LogP contribution < -0.4 is 5.32 Å². The summed E-state index contributed by atoms with van der Waals surface area (Å²) in [7, 11) is 0. The summed E-state index contributed by atoms with van der Waals surface area (Å²) in [5.74, 6) is 1.55. The minimum atomic E-state index is 0.0924. The summed E-state index contributed by atoms with van der Waals surface area (Å²) in [4.78, 5) is 11.6. The molecule has 16 heavy (non-hydrogen) atoms. The number of H-pyrrole nitrogens is 1. The third-order valence-corrected chi connectivity index (χ3v) is 3.28. The molecular weight excluding hydrogens is 202 g/mol. The zero-order valence-electron chi connectivity index (χ0n) is 9.54. The lowest BCUT2D eigenvalue weighted by atomic mass is 9.86. The number of carbonyl (C=O) groups is 1. The quantitative estimate of drug-likeness (QED) is 0.821. The van der Waals surface area contributed by atoms with Crippen LogP contribution in [0.3, 0.4) is 0 Å². The Hall–Kier alpha value is -1.32. The molecule has 0 aromatic carbocycles. The van der Waals surface area contributed by atoms with E-state index < -0.39 is 0 Å². The Bertz CT molecular complexity index is 315. The molecule has 0 saturated heterocycles. The predicted molar refractivity (Wildman–Crippen MR) is 63.0 cm³/mol. The van der Waals surface area contributed by atoms with Crippen LogP contribution in [0.25, 0.3) is 0 Å². The highest BCUT2D eigenvalue weighted by Crippen LogP contribution is 2.27. The number of hydrogen-bond donors (Lipinski definition) is 2. The molecule has 0 aliphatic heterocycles. The first-order valence-electron chi connectivity index (χ1n) is 6.14. The Kier molecular flexibility index (Phi) is 3.97. The van der Waals surface area contributed by atoms with Crippen LogP contribution in [0.15, 0.2) is 12.3 Å². The topological polar surface area (TPSA) is 57.8 Å². The molecule has 1 heterocycles. The number of amides is 1. The summed E-state index contributed by atoms with van der Waals surface area (Å²) in [6.07, 6.45) is 9.95. The highest BCUT2D eigenvalue weighted by Gasteiger charge is 2.14. The van der Waals surface area contributed by atoms with Gasteiger partial charge in [-0.2, -0.15) is 5.10 Å². The standard InChI is InChI=1S/C12H19N3O/c16-12(14-11-8-9-13-15-11)7-6-10-4-2-1-3-5-10/h8-10H,1-7H2,(H2,13,14,15,16). The van der Waals surface area contributed by atoms with Crippen molar-refractivity contribution in [3.8, 4) is 0 Å². The van der Waals surface area contributed by atoms with Crippen molar-refractivity contribution in [1.29, 1.82) is 0 Å². The van der Waals surface area contributed by atoms with Crippen LogP contribution in [0, 0.1) is 5.92 Å². The Balaban J connectivity index is 1.67. The number of anilines is 1. The first kappa shape index (κ1) is 11.2. The Morgan fingerprint density at radius 1 is 1.44 bits per heavy atom. The van der Waals surface area contributed by atoms with E-state index in [1.54, 1.807) is 12.3 Å². The highest BCUT2D eigenvalue weighted by atomic mass is 16.1. The van der Waals surface area contributed by atoms with Gasteiger partial charge in [0.25, 0.3) is 0 Å². The van der Waals surface area contributed by atoms with Crippen LogP contribution in [-0.2, 0) is 4.79 Å². The van der Waals surface area contributed by atoms with E-state index in [2.05, 4.69) is 15.5 Å². The van der Waals surface area contributed by atoms with Crippen LogP contribution in [-0.4, -0.2) is 16.1 Å². The molecule has 4 heteroatoms. The Labute approximate surface area is 95.8 Å². The largest absolute Gasteiger partial charge is 0.311 e. The van der Waals surface area contributed by atoms with Gasteiger partial charge in [0.05, 0.1) is 6.20 Å². The summed E-state index contributed by atoms with van der Waals surface area (Å²) in [6, 6.07) is 1.76. The molecule has 0 atom stereocenters. The number of nitrogens with zero attached hydrogens (tertiary/aromatic N) is 1. The van der Waals surface area contributed by atoms with Gasteiger partial charge in [-0.15, -0.1) is 0 Å². The van der Waals surface area contributed by atoms with E-state index in [1.165, 1.54) is 32.1 Å². The number of rotatable bonds is 4. The summed E-state index contributed by atoms with van der Waals surface area (Å²) in [5, 5.41) is 9.31. The normalized spacial score (nSPS) is 17.2. The van der Waals surface area contributed by atoms with Gasteiger partial charge in [0.1, 0.15) is 5.82 Å². The summed E-state index contributed by atoms with van der Waals surface area (Å²) >= 11 is 0. The molecule has 0 spiro atoms. The summed E-state index contributed by atoms with van der Waals surface area (Å²) < 4.78 is 0. The van der Waals surface area contributed by atoms with Gasteiger partial charge < -0.3 is 5.32 Å². The van der Waals surface area contributed by atoms with E-state index in [0.717, 1.165) is 12.3 Å². The number of nitrogens with one attached hydrogen (secondary N) is 2. The maximum absolute atomic E-state index is 11.6. The van der Waals surface area contributed by atoms with Crippen molar-refractivity contribution in [2.24, 2.45) is 5.92 Å². The highest BCUT2D eigenvalue weighted by molar-refractivity contribution is 5.89. The molecule has 1 aliphatic carbocycles. The molecule has 1 aliphatic rings. The molecular formula is C12H19N3O. The smallest absolute Gasteiger partial charge is 0.225 e. The summed E-state index contributed by atoms with van der Waals surface area (Å²) in [6.45, 7) is 0. The maximum atomic E-state index is 11.6. The fourth-order valence-corrected chi connectivity index (χ4v) is 2.35. The van der Waals surface area contributed by atoms with Crippen molar-refractivity contribution in [2.75, 3.05) is 5.32 Å². The second kappa shape index (κ2) is 5.68. The van der Waals surface area contributed by atoms with Gasteiger partial charge >= 0.3 is 0 Å². The molecule has 1 aromatic rings. The Morgan fingerprint density at radius 2 is 2.25 bits per heavy atom. The minimum absolute atomic E-state index is 0.0924. The van der Waals surface area contributed by atoms with Gasteiger partial charge in [0, 0.05) is 12.5 Å². The van der Waals surface area contributed by atoms with E-state index in [0.29, 0.717) is 12.2 Å². The molecule has 1 amide bonds. The third kappa shape index (κ3) is 3.36. The van der Waals surface area contributed by atoms with Crippen molar-refractivity contribution in [3.05, 3.63) is 12.3 Å². The average molecular weight is 221 g/mol. The Morgan fingerprint density at radius 3 is 2.94 bits per heavy atom. The van der Waals surface area contributed by atoms with E-state index >= 15 is 0 Å². The molecule has 0 radical (unpaired) electrons. The van der Waals surface area contributed by atoms with Crippen molar-refractivity contribution in [1.82, 2.24) is 10.2 Å². The van der Waals surface area contributed by atoms with Gasteiger partial charge in [0.15, 0.2) is 0 Å². The fraction of sp³-hybridized carbons (Fsp3) is 0.667. The molecule has 1 saturated carbocycles. The molecule has 2 N–H and O–H groups in total. The van der Waals surface area contributed by atoms with Gasteiger partial charge in [-0.25, -0.2) is 0 Å². The average Bonchev–Trinajstić information content (AvgIpc) is 2.81. The predicted octanol–water partition coefficient (Wildman–Crippen LogP) is 2.71. The van der Waals surface area contributed by atoms with Gasteiger partial charge in [-0.1, -0.05) is 32.1 Å². The molecule has 1 fully saturated rings. The maximum Gasteiger partial charge on any atom is 0.225 e. The second-order valence-corrected chi connectivity index (χ2v) is 4.56. The fourth-order valence-electron chi connectivity index (χ4n) is 2.35. The zero-order chi connectivity index (χ0) is 11.2. The lowest BCUT2D eigenvalue weighted by Gasteiger charge is -2.20. The molecule has 4 nitrogen and oxygen atoms in total. The van der Waals surface area contributed by atoms with E-state index in [1.807, 2.05) is 0 Å². The number of aromatic amines is 1. The van der Waals surface area contributed by atoms with E-state index in [-0.39, 0.29) is 5.91 Å². The molecule has 0 unspecified atom stereocenters. The van der Waals surface area contributed by atoms with Crippen molar-refractivity contribution in [2.45, 2.75) is 44.9 Å². The summed E-state index contributed by atoms with van der Waals surface area (Å²) in [5.41, 5.74) is 0. The van der Waals surface area contributed by atoms with E-state index in [9.17, 15) is 4.79 Å². The number of hydrogen-bond acceptors (Lipinski definition) is 2. The van der Waals surface area contributed by atoms with Crippen molar-refractivity contribution < 1.29 is 4.79 Å². The van der Waals surface area contributed by atoms with E-state index in [4.69, 9.17) is 0 Å². The molecule has 0 bridgehead atoms. The number of carbonyl (C=O) groups excluding carboxylic acids is 1. The third-order valence-electron chi connectivity index (χ3n) is 3.28. The first-order chi connectivity index (χ1) is 7.84. The zero-order valence-corrected chi connectivity index (χ0v) is 9.54. The van der Waals surface area contributed by atoms with Gasteiger partial charge in [-0.05, 0) is 12.3 Å². The van der Waals surface area contributed by atoms with Crippen molar-refractivity contribution in [3.63, 3.8) is 0 Å². The first-order valence-corrected chi connectivity index (χ1v) is 6.14. The lowest BCUT2D eigenvalue weighted by molar-refractivity contribution is -0.116. The van der Waals surface area contributed by atoms with Gasteiger partial charge in [0.2, 0.25) is 5.91 Å². The lowest BCUT2D eigenvalue weighted by Crippen LogP contribution is -2.15.